The van der Waals surface area contributed by atoms with E-state index >= 15 is 0 Å². The monoisotopic (exact) mass is 1380 g/mol. The van der Waals surface area contributed by atoms with Gasteiger partial charge in [0.2, 0.25) is 20.4 Å². The van der Waals surface area contributed by atoms with Gasteiger partial charge in [-0.15, -0.1) is 0 Å². The van der Waals surface area contributed by atoms with Crippen LogP contribution in [0.15, 0.2) is 178 Å². The van der Waals surface area contributed by atoms with Gasteiger partial charge in [0.05, 0.1) is 0 Å². The molecule has 0 spiro atoms. The number of likely N-dealkylation sites (tertiary alicyclic amines) is 3. The van der Waals surface area contributed by atoms with Gasteiger partial charge < -0.3 is 71.1 Å². The van der Waals surface area contributed by atoms with E-state index in [0.717, 1.165) is 137 Å². The van der Waals surface area contributed by atoms with E-state index in [9.17, 15) is 28.8 Å². The topological polar surface area (TPSA) is 255 Å². The molecule has 0 aliphatic carbocycles. The smallest absolute Gasteiger partial charge is 0.254 e. The molecule has 6 amide bonds. The van der Waals surface area contributed by atoms with E-state index in [4.69, 9.17) is 41.7 Å². The summed E-state index contributed by atoms with van der Waals surface area (Å²) in [5.41, 5.74) is 8.39. The highest BCUT2D eigenvalue weighted by molar-refractivity contribution is 6.00. The largest absolute Gasteiger partial charge is 0.454 e. The van der Waals surface area contributed by atoms with Crippen molar-refractivity contribution in [2.24, 2.45) is 0 Å². The van der Waals surface area contributed by atoms with Gasteiger partial charge in [0.15, 0.2) is 70.4 Å². The molecule has 9 aliphatic rings. The molecule has 0 bridgehead atoms. The number of amides is 6. The number of ether oxygens (including phenoxy) is 6. The van der Waals surface area contributed by atoms with Crippen LogP contribution in [0.5, 0.6) is 34.5 Å². The first kappa shape index (κ1) is 69.1. The molecule has 3 aromatic heterocycles. The van der Waals surface area contributed by atoms with E-state index in [2.05, 4.69) is 27.1 Å². The Hall–Kier alpha value is -11.4. The van der Waals surface area contributed by atoms with Crippen molar-refractivity contribution in [2.75, 3.05) is 98.9 Å². The molecule has 0 radical (unpaired) electrons. The van der Waals surface area contributed by atoms with Crippen molar-refractivity contribution in [3.63, 3.8) is 0 Å². The third-order valence-electron chi connectivity index (χ3n) is 18.6. The summed E-state index contributed by atoms with van der Waals surface area (Å²) < 4.78 is 47.0. The van der Waals surface area contributed by atoms with Crippen LogP contribution in [0.3, 0.4) is 0 Å². The molecule has 9 aliphatic heterocycles. The van der Waals surface area contributed by atoms with Crippen molar-refractivity contribution in [2.45, 2.75) is 77.0 Å². The summed E-state index contributed by atoms with van der Waals surface area (Å²) in [5.74, 6) is 4.60. The Morgan fingerprint density at radius 2 is 0.569 bits per heavy atom. The van der Waals surface area contributed by atoms with E-state index < -0.39 is 0 Å². The maximum absolute atomic E-state index is 12.5. The molecule has 18 rings (SSSR count). The summed E-state index contributed by atoms with van der Waals surface area (Å²) in [5, 5.41) is 0. The number of carbonyl (C=O) groups is 6. The van der Waals surface area contributed by atoms with Crippen molar-refractivity contribution in [1.82, 2.24) is 44.4 Å². The highest BCUT2D eigenvalue weighted by Crippen LogP contribution is 2.36. The van der Waals surface area contributed by atoms with Crippen molar-refractivity contribution in [3.8, 4) is 34.5 Å². The molecule has 0 atom stereocenters. The molecule has 24 nitrogen and oxygen atoms in total. The number of aromatic nitrogens is 3. The van der Waals surface area contributed by atoms with Gasteiger partial charge in [-0.05, 0) is 167 Å². The van der Waals surface area contributed by atoms with Crippen LogP contribution in [0, 0.1) is 0 Å². The number of piperidine rings is 1. The van der Waals surface area contributed by atoms with Crippen LogP contribution < -0.4 is 28.4 Å². The maximum atomic E-state index is 12.5. The standard InChI is InChI=1S/C15H19NO3.C13H14N2O2.2C13H12N2O2.C12H13NO3.C12H11NO3/c17-15(16-8-4-2-1-3-5-9-16)12-6-7-13-14(10-12)19-11-18-13;2*16-13(15-6-2-1-3-7-15)10-4-5-12-11(8-10)14-9-17-12;16-13(15-6-2-1-3-7-15)10-4-5-11-12(8-10)17-9-14-11;2*14-12(13-5-1-2-6-13)9-3-4-10-11(7-9)16-8-15-10/h6-7,10H,1-5,8-9,11H2;4-5,8-9H,1-3,6-7H2;2*1-2,4-5,8-9H,3,6-7H2;3-4,7H,1-2,5-6,8H2;1-4,7H,5-6,8H2. The Bertz CT molecular complexity index is 4350. The summed E-state index contributed by atoms with van der Waals surface area (Å²) in [4.78, 5) is 96.6. The lowest BCUT2D eigenvalue weighted by molar-refractivity contribution is 0.0720. The highest BCUT2D eigenvalue weighted by Gasteiger charge is 2.26. The second kappa shape index (κ2) is 33.6. The number of carbonyl (C=O) groups excluding carboxylic acids is 6. The van der Waals surface area contributed by atoms with Gasteiger partial charge >= 0.3 is 0 Å². The third-order valence-corrected chi connectivity index (χ3v) is 18.6. The first-order valence-electron chi connectivity index (χ1n) is 35.0. The van der Waals surface area contributed by atoms with Gasteiger partial charge in [-0.2, -0.15) is 0 Å². The minimum Gasteiger partial charge on any atom is -0.454 e. The van der Waals surface area contributed by atoms with Gasteiger partial charge in [-0.3, -0.25) is 28.8 Å². The normalized spacial score (nSPS) is 16.8. The quantitative estimate of drug-likeness (QED) is 0.140. The number of oxazole rings is 3. The fourth-order valence-corrected chi connectivity index (χ4v) is 12.9. The molecule has 528 valence electrons. The summed E-state index contributed by atoms with van der Waals surface area (Å²) in [7, 11) is 0. The molecule has 24 heteroatoms. The number of nitrogens with zero attached hydrogens (tertiary/aromatic N) is 9. The number of benzene rings is 6. The summed E-state index contributed by atoms with van der Waals surface area (Å²) in [6.45, 7) is 10.3. The van der Waals surface area contributed by atoms with Crippen LogP contribution in [0.1, 0.15) is 139 Å². The van der Waals surface area contributed by atoms with Crippen molar-refractivity contribution < 1.29 is 70.4 Å². The summed E-state index contributed by atoms with van der Waals surface area (Å²) >= 11 is 0. The van der Waals surface area contributed by atoms with Crippen LogP contribution in [-0.4, -0.2) is 179 Å². The Morgan fingerprint density at radius 1 is 0.265 bits per heavy atom. The van der Waals surface area contributed by atoms with Gasteiger partial charge in [-0.1, -0.05) is 55.7 Å². The minimum atomic E-state index is 0.0308. The zero-order chi connectivity index (χ0) is 70.0. The number of fused-ring (bicyclic) bond motifs is 6. The third kappa shape index (κ3) is 17.2. The average Bonchev–Trinajstić information content (AvgIpc) is 1.63. The van der Waals surface area contributed by atoms with Gasteiger partial charge in [0.1, 0.15) is 16.6 Å². The zero-order valence-electron chi connectivity index (χ0n) is 56.8. The number of hydrogen-bond acceptors (Lipinski definition) is 18. The van der Waals surface area contributed by atoms with E-state index in [-0.39, 0.29) is 55.8 Å². The molecule has 0 unspecified atom stereocenters. The number of hydrogen-bond donors (Lipinski definition) is 0. The maximum Gasteiger partial charge on any atom is 0.254 e. The second-order valence-electron chi connectivity index (χ2n) is 25.4. The molecule has 12 heterocycles. The Labute approximate surface area is 589 Å². The highest BCUT2D eigenvalue weighted by atomic mass is 16.7. The van der Waals surface area contributed by atoms with Crippen LogP contribution in [0.4, 0.5) is 0 Å². The zero-order valence-corrected chi connectivity index (χ0v) is 56.8. The first-order valence-corrected chi connectivity index (χ1v) is 35.0. The minimum absolute atomic E-state index is 0.0308. The lowest BCUT2D eigenvalue weighted by atomic mass is 10.1. The van der Waals surface area contributed by atoms with Crippen LogP contribution >= 0.6 is 0 Å². The van der Waals surface area contributed by atoms with Crippen molar-refractivity contribution in [3.05, 3.63) is 198 Å². The number of rotatable bonds is 6. The van der Waals surface area contributed by atoms with E-state index in [0.29, 0.717) is 93.7 Å². The van der Waals surface area contributed by atoms with Gasteiger partial charge in [0, 0.05) is 112 Å². The Kier molecular flexibility index (Phi) is 22.8. The lowest BCUT2D eigenvalue weighted by Gasteiger charge is -2.26. The second-order valence-corrected chi connectivity index (χ2v) is 25.4. The molecule has 6 aromatic carbocycles. The fraction of sp³-hybridized carbons (Fsp3) is 0.346. The molecule has 9 aromatic rings. The molecule has 102 heavy (non-hydrogen) atoms. The molecule has 0 N–H and O–H groups in total. The van der Waals surface area contributed by atoms with Crippen molar-refractivity contribution >= 4 is 68.7 Å². The molecular formula is C78H81N9O15. The van der Waals surface area contributed by atoms with Crippen LogP contribution in [0.2, 0.25) is 0 Å². The Balaban J connectivity index is 0.000000109. The SMILES string of the molecule is O=C(c1ccc2c(c1)OCO2)N1CC=CC1.O=C(c1ccc2c(c1)OCO2)N1CCCC1.O=C(c1ccc2c(c1)OCO2)N1CCCCCCC1.O=C(c1ccc2ncoc2c1)N1CC=CCC1.O=C(c1ccc2ocnc2c1)N1CC=CCC1.O=C(c1ccc2ocnc2c1)N1CCCCC1. The van der Waals surface area contributed by atoms with Gasteiger partial charge in [0.25, 0.3) is 35.4 Å². The van der Waals surface area contributed by atoms with E-state index in [1.807, 2.05) is 73.1 Å². The van der Waals surface area contributed by atoms with Crippen molar-refractivity contribution in [1.29, 1.82) is 0 Å². The van der Waals surface area contributed by atoms with Crippen LogP contribution in [-0.2, 0) is 0 Å². The fourth-order valence-electron chi connectivity index (χ4n) is 12.9. The van der Waals surface area contributed by atoms with Crippen LogP contribution in [0.25, 0.3) is 33.3 Å². The molecule has 3 saturated heterocycles. The molecular weight excluding hydrogens is 1300 g/mol. The predicted octanol–water partition coefficient (Wildman–Crippen LogP) is 12.8. The van der Waals surface area contributed by atoms with E-state index in [1.165, 1.54) is 44.9 Å². The average molecular weight is 1380 g/mol. The summed E-state index contributed by atoms with van der Waals surface area (Å²) in [6.07, 6.45) is 29.9. The van der Waals surface area contributed by atoms with E-state index in [1.54, 1.807) is 89.8 Å². The predicted molar refractivity (Wildman–Crippen MR) is 378 cm³/mol. The molecule has 3 fully saturated rings. The van der Waals surface area contributed by atoms with Gasteiger partial charge in [-0.25, -0.2) is 15.0 Å². The molecule has 0 saturated carbocycles. The first-order chi connectivity index (χ1) is 50.1. The summed E-state index contributed by atoms with van der Waals surface area (Å²) in [6, 6.07) is 32.2. The Morgan fingerprint density at radius 3 is 0.990 bits per heavy atom. The lowest BCUT2D eigenvalue weighted by Crippen LogP contribution is -2.35.